The number of hydrogen-bond donors (Lipinski definition) is 0. The molecule has 0 saturated heterocycles. The number of aromatic nitrogens is 3. The van der Waals surface area contributed by atoms with Crippen LogP contribution in [0, 0.1) is 5.92 Å². The molecule has 1 fully saturated rings. The topological polar surface area (TPSA) is 30.7 Å². The molecule has 0 unspecified atom stereocenters. The molecule has 3 nitrogen and oxygen atoms in total. The van der Waals surface area contributed by atoms with Crippen molar-refractivity contribution in [3.63, 3.8) is 0 Å². The van der Waals surface area contributed by atoms with Gasteiger partial charge < -0.3 is 4.57 Å². The maximum Gasteiger partial charge on any atom is 0.160 e. The lowest BCUT2D eigenvalue weighted by molar-refractivity contribution is 0.348. The van der Waals surface area contributed by atoms with Crippen molar-refractivity contribution >= 4 is 11.2 Å². The van der Waals surface area contributed by atoms with Crippen molar-refractivity contribution in [3.05, 3.63) is 24.2 Å². The Balaban J connectivity index is 2.06. The molecular weight excluding hydrogens is 234 g/mol. The van der Waals surface area contributed by atoms with Crippen LogP contribution >= 0.6 is 0 Å². The van der Waals surface area contributed by atoms with E-state index in [1.54, 1.807) is 0 Å². The molecule has 0 spiro atoms. The normalized spacial score (nSPS) is 17.4. The summed E-state index contributed by atoms with van der Waals surface area (Å²) in [5.74, 6) is 1.87. The van der Waals surface area contributed by atoms with Gasteiger partial charge in [0.25, 0.3) is 0 Å². The Hall–Kier alpha value is -1.38. The Morgan fingerprint density at radius 3 is 2.79 bits per heavy atom. The molecular formula is C16H23N3. The number of pyridine rings is 1. The first-order chi connectivity index (χ1) is 9.25. The van der Waals surface area contributed by atoms with Crippen LogP contribution in [-0.2, 0) is 6.42 Å². The number of nitrogens with zero attached hydrogens (tertiary/aromatic N) is 3. The summed E-state index contributed by atoms with van der Waals surface area (Å²) in [5.41, 5.74) is 2.15. The maximum absolute atomic E-state index is 4.83. The van der Waals surface area contributed by atoms with Crippen LogP contribution < -0.4 is 0 Å². The first-order valence-electron chi connectivity index (χ1n) is 7.57. The average Bonchev–Trinajstić information content (AvgIpc) is 2.76. The van der Waals surface area contributed by atoms with E-state index >= 15 is 0 Å². The average molecular weight is 257 g/mol. The quantitative estimate of drug-likeness (QED) is 0.827. The molecule has 1 aliphatic rings. The van der Waals surface area contributed by atoms with Gasteiger partial charge in [-0.15, -0.1) is 0 Å². The minimum atomic E-state index is 0.613. The SMILES string of the molecule is CC(C)Cc1nc2cccnc2n1C1CCCCC1. The van der Waals surface area contributed by atoms with Gasteiger partial charge in [-0.2, -0.15) is 0 Å². The fourth-order valence-electron chi connectivity index (χ4n) is 3.21. The lowest BCUT2D eigenvalue weighted by Crippen LogP contribution is -2.17. The van der Waals surface area contributed by atoms with Crippen molar-refractivity contribution in [2.75, 3.05) is 0 Å². The summed E-state index contributed by atoms with van der Waals surface area (Å²) in [6, 6.07) is 4.69. The van der Waals surface area contributed by atoms with Crippen molar-refractivity contribution < 1.29 is 0 Å². The van der Waals surface area contributed by atoms with Crippen molar-refractivity contribution in [1.29, 1.82) is 0 Å². The second kappa shape index (κ2) is 5.32. The highest BCUT2D eigenvalue weighted by Crippen LogP contribution is 2.32. The molecule has 0 bridgehead atoms. The van der Waals surface area contributed by atoms with Gasteiger partial charge in [0.1, 0.15) is 11.3 Å². The first kappa shape index (κ1) is 12.6. The number of hydrogen-bond acceptors (Lipinski definition) is 2. The zero-order valence-electron chi connectivity index (χ0n) is 12.0. The van der Waals surface area contributed by atoms with Gasteiger partial charge in [0.2, 0.25) is 0 Å². The van der Waals surface area contributed by atoms with E-state index < -0.39 is 0 Å². The predicted octanol–water partition coefficient (Wildman–Crippen LogP) is 4.14. The molecule has 0 N–H and O–H groups in total. The standard InChI is InChI=1S/C16H23N3/c1-12(2)11-15-18-14-9-6-10-17-16(14)19(15)13-7-4-3-5-8-13/h6,9-10,12-13H,3-5,7-8,11H2,1-2H3. The molecule has 0 aromatic carbocycles. The molecule has 2 aromatic heterocycles. The Morgan fingerprint density at radius 2 is 2.05 bits per heavy atom. The maximum atomic E-state index is 4.83. The van der Waals surface area contributed by atoms with Gasteiger partial charge in [0, 0.05) is 18.7 Å². The van der Waals surface area contributed by atoms with Crippen molar-refractivity contribution in [3.8, 4) is 0 Å². The summed E-state index contributed by atoms with van der Waals surface area (Å²) in [6.45, 7) is 4.52. The Labute approximate surface area is 115 Å². The number of rotatable bonds is 3. The number of fused-ring (bicyclic) bond motifs is 1. The monoisotopic (exact) mass is 257 g/mol. The van der Waals surface area contributed by atoms with E-state index in [-0.39, 0.29) is 0 Å². The van der Waals surface area contributed by atoms with Crippen LogP contribution in [-0.4, -0.2) is 14.5 Å². The van der Waals surface area contributed by atoms with Crippen molar-refractivity contribution in [2.24, 2.45) is 5.92 Å². The van der Waals surface area contributed by atoms with Crippen molar-refractivity contribution in [2.45, 2.75) is 58.4 Å². The van der Waals surface area contributed by atoms with E-state index in [2.05, 4.69) is 29.5 Å². The summed E-state index contributed by atoms with van der Waals surface area (Å²) in [5, 5.41) is 0. The van der Waals surface area contributed by atoms with Gasteiger partial charge in [-0.05, 0) is 30.9 Å². The molecule has 3 heteroatoms. The minimum Gasteiger partial charge on any atom is -0.310 e. The molecule has 19 heavy (non-hydrogen) atoms. The Kier molecular flexibility index (Phi) is 3.54. The zero-order chi connectivity index (χ0) is 13.2. The second-order valence-electron chi connectivity index (χ2n) is 6.13. The Bertz CT molecular complexity index is 550. The highest BCUT2D eigenvalue weighted by atomic mass is 15.1. The van der Waals surface area contributed by atoms with E-state index in [0.29, 0.717) is 12.0 Å². The molecule has 102 valence electrons. The first-order valence-corrected chi connectivity index (χ1v) is 7.57. The van der Waals surface area contributed by atoms with E-state index in [9.17, 15) is 0 Å². The van der Waals surface area contributed by atoms with Gasteiger partial charge in [0.05, 0.1) is 0 Å². The predicted molar refractivity (Wildman–Crippen MR) is 78.2 cm³/mol. The number of imidazole rings is 1. The van der Waals surface area contributed by atoms with E-state index in [1.807, 2.05) is 12.3 Å². The third-order valence-electron chi connectivity index (χ3n) is 4.05. The van der Waals surface area contributed by atoms with Crippen LogP contribution in [0.1, 0.15) is 57.8 Å². The largest absolute Gasteiger partial charge is 0.310 e. The van der Waals surface area contributed by atoms with Gasteiger partial charge in [-0.25, -0.2) is 9.97 Å². The fourth-order valence-corrected chi connectivity index (χ4v) is 3.21. The molecule has 0 radical (unpaired) electrons. The third kappa shape index (κ3) is 2.51. The zero-order valence-corrected chi connectivity index (χ0v) is 12.0. The molecule has 0 aliphatic heterocycles. The molecule has 1 saturated carbocycles. The molecule has 1 aliphatic carbocycles. The second-order valence-corrected chi connectivity index (χ2v) is 6.13. The van der Waals surface area contributed by atoms with Crippen LogP contribution in [0.15, 0.2) is 18.3 Å². The summed E-state index contributed by atoms with van der Waals surface area (Å²) in [4.78, 5) is 9.41. The van der Waals surface area contributed by atoms with Gasteiger partial charge in [-0.1, -0.05) is 33.1 Å². The highest BCUT2D eigenvalue weighted by Gasteiger charge is 2.22. The Morgan fingerprint density at radius 1 is 1.26 bits per heavy atom. The summed E-state index contributed by atoms with van der Waals surface area (Å²) in [6.07, 6.45) is 9.59. The molecule has 2 heterocycles. The van der Waals surface area contributed by atoms with Crippen LogP contribution in [0.2, 0.25) is 0 Å². The van der Waals surface area contributed by atoms with Gasteiger partial charge in [-0.3, -0.25) is 0 Å². The fraction of sp³-hybridized carbons (Fsp3) is 0.625. The molecule has 2 aromatic rings. The molecule has 0 atom stereocenters. The lowest BCUT2D eigenvalue weighted by atomic mass is 9.95. The molecule has 3 rings (SSSR count). The van der Waals surface area contributed by atoms with E-state index in [1.165, 1.54) is 37.9 Å². The van der Waals surface area contributed by atoms with Gasteiger partial charge in [0.15, 0.2) is 5.65 Å². The van der Waals surface area contributed by atoms with E-state index in [0.717, 1.165) is 17.6 Å². The highest BCUT2D eigenvalue weighted by molar-refractivity contribution is 5.71. The lowest BCUT2D eigenvalue weighted by Gasteiger charge is -2.25. The smallest absolute Gasteiger partial charge is 0.160 e. The third-order valence-corrected chi connectivity index (χ3v) is 4.05. The summed E-state index contributed by atoms with van der Waals surface area (Å²) >= 11 is 0. The van der Waals surface area contributed by atoms with Crippen LogP contribution in [0.25, 0.3) is 11.2 Å². The summed E-state index contributed by atoms with van der Waals surface area (Å²) in [7, 11) is 0. The summed E-state index contributed by atoms with van der Waals surface area (Å²) < 4.78 is 2.44. The van der Waals surface area contributed by atoms with E-state index in [4.69, 9.17) is 4.98 Å². The molecule has 0 amide bonds. The van der Waals surface area contributed by atoms with Crippen LogP contribution in [0.3, 0.4) is 0 Å². The van der Waals surface area contributed by atoms with Crippen molar-refractivity contribution in [1.82, 2.24) is 14.5 Å². The van der Waals surface area contributed by atoms with Crippen LogP contribution in [0.5, 0.6) is 0 Å². The minimum absolute atomic E-state index is 0.613. The van der Waals surface area contributed by atoms with Crippen LogP contribution in [0.4, 0.5) is 0 Å². The van der Waals surface area contributed by atoms with Gasteiger partial charge >= 0.3 is 0 Å².